The van der Waals surface area contributed by atoms with E-state index >= 15 is 0 Å². The van der Waals surface area contributed by atoms with Crippen LogP contribution in [-0.2, 0) is 5.41 Å². The van der Waals surface area contributed by atoms with E-state index in [9.17, 15) is 0 Å². The van der Waals surface area contributed by atoms with Crippen LogP contribution >= 0.6 is 11.3 Å². The molecule has 4 heterocycles. The predicted molar refractivity (Wildman–Crippen MR) is 196 cm³/mol. The first-order valence-corrected chi connectivity index (χ1v) is 16.7. The van der Waals surface area contributed by atoms with Crippen LogP contribution in [0.25, 0.3) is 58.8 Å². The number of anilines is 2. The highest BCUT2D eigenvalue weighted by molar-refractivity contribution is 7.26. The fourth-order valence-corrected chi connectivity index (χ4v) is 9.30. The molecule has 2 aliphatic rings. The van der Waals surface area contributed by atoms with E-state index in [1.165, 1.54) is 92.2 Å². The van der Waals surface area contributed by atoms with E-state index in [1.807, 2.05) is 11.3 Å². The molecule has 0 spiro atoms. The van der Waals surface area contributed by atoms with Crippen molar-refractivity contribution in [1.82, 2.24) is 4.57 Å². The van der Waals surface area contributed by atoms with E-state index in [2.05, 4.69) is 152 Å². The maximum Gasteiger partial charge on any atom is 0.333 e. The van der Waals surface area contributed by atoms with Crippen molar-refractivity contribution >= 4 is 82.5 Å². The Bertz CT molecular complexity index is 2560. The first-order chi connectivity index (χ1) is 21.9. The quantitative estimate of drug-likeness (QED) is 0.172. The van der Waals surface area contributed by atoms with Crippen LogP contribution in [0.3, 0.4) is 0 Å². The van der Waals surface area contributed by atoms with Crippen molar-refractivity contribution in [2.75, 3.05) is 4.81 Å². The minimum atomic E-state index is -0.00738. The van der Waals surface area contributed by atoms with Gasteiger partial charge in [0.05, 0.1) is 11.0 Å². The van der Waals surface area contributed by atoms with E-state index in [4.69, 9.17) is 0 Å². The van der Waals surface area contributed by atoms with Crippen LogP contribution in [0.15, 0.2) is 115 Å². The van der Waals surface area contributed by atoms with Gasteiger partial charge in [-0.15, -0.1) is 11.3 Å². The molecule has 214 valence electrons. The number of hydrogen-bond donors (Lipinski definition) is 0. The zero-order chi connectivity index (χ0) is 30.2. The number of aromatic nitrogens is 1. The molecular weight excluding hydrogens is 563 g/mol. The summed E-state index contributed by atoms with van der Waals surface area (Å²) in [5.74, 6) is 0. The Balaban J connectivity index is 1.47. The maximum atomic E-state index is 2.70. The second-order valence-corrected chi connectivity index (χ2v) is 14.9. The molecule has 0 N–H and O–H groups in total. The fraction of sp³-hybridized carbons (Fsp3) is 0.122. The normalized spacial score (nSPS) is 13.7. The molecule has 2 aromatic heterocycles. The van der Waals surface area contributed by atoms with Crippen molar-refractivity contribution in [2.24, 2.45) is 0 Å². The van der Waals surface area contributed by atoms with Crippen molar-refractivity contribution in [1.29, 1.82) is 0 Å². The monoisotopic (exact) mass is 594 g/mol. The number of aryl methyl sites for hydroxylation is 1. The minimum Gasteiger partial charge on any atom is -0.376 e. The Morgan fingerprint density at radius 2 is 1.40 bits per heavy atom. The molecule has 0 radical (unpaired) electrons. The summed E-state index contributed by atoms with van der Waals surface area (Å²) in [6, 6.07) is 43.6. The molecule has 0 saturated carbocycles. The SMILES string of the molecule is Cc1ccccc1N1B2c3c(cc(C(C)(C)C)cc3-n3c4ccccc4c4cccc2c43)-c2ccc3sc4ccccc4c3c21. The van der Waals surface area contributed by atoms with E-state index in [0.29, 0.717) is 0 Å². The summed E-state index contributed by atoms with van der Waals surface area (Å²) >= 11 is 1.91. The van der Waals surface area contributed by atoms with E-state index in [1.54, 1.807) is 0 Å². The Hall–Kier alpha value is -4.80. The lowest BCUT2D eigenvalue weighted by atomic mass is 9.43. The van der Waals surface area contributed by atoms with Crippen LogP contribution in [0, 0.1) is 6.92 Å². The largest absolute Gasteiger partial charge is 0.376 e. The average Bonchev–Trinajstić information content (AvgIpc) is 3.60. The van der Waals surface area contributed by atoms with Gasteiger partial charge in [-0.3, -0.25) is 0 Å². The van der Waals surface area contributed by atoms with Gasteiger partial charge in [0.2, 0.25) is 0 Å². The van der Waals surface area contributed by atoms with Gasteiger partial charge in [0.15, 0.2) is 0 Å². The van der Waals surface area contributed by atoms with Crippen LogP contribution in [0.4, 0.5) is 11.4 Å². The van der Waals surface area contributed by atoms with Crippen molar-refractivity contribution in [3.8, 4) is 16.8 Å². The fourth-order valence-electron chi connectivity index (χ4n) is 8.19. The number of benzene rings is 6. The molecule has 2 nitrogen and oxygen atoms in total. The van der Waals surface area contributed by atoms with Gasteiger partial charge in [-0.25, -0.2) is 0 Å². The van der Waals surface area contributed by atoms with E-state index in [-0.39, 0.29) is 12.3 Å². The number of thiophene rings is 1. The summed E-state index contributed by atoms with van der Waals surface area (Å²) < 4.78 is 5.25. The minimum absolute atomic E-state index is 0.00738. The molecule has 8 aromatic rings. The second kappa shape index (κ2) is 8.68. The number of nitrogens with zero attached hydrogens (tertiary/aromatic N) is 2. The number of hydrogen-bond acceptors (Lipinski definition) is 2. The van der Waals surface area contributed by atoms with E-state index < -0.39 is 0 Å². The standard InChI is InChI=1S/C41H31BN2S/c1-24-12-5-8-17-32(24)44-40-28(20-21-36-37(40)29-14-7-10-19-35(29)45-36)30-22-25(41(2,3)4)23-34-38(30)42(44)31-16-11-15-27-26-13-6-9-18-33(26)43(34)39(27)31/h5-23H,1-4H3. The number of rotatable bonds is 1. The Morgan fingerprint density at radius 1 is 0.644 bits per heavy atom. The van der Waals surface area contributed by atoms with Crippen LogP contribution in [0.2, 0.25) is 0 Å². The van der Waals surface area contributed by atoms with Crippen molar-refractivity contribution in [3.05, 3.63) is 126 Å². The molecule has 2 aliphatic heterocycles. The lowest BCUT2D eigenvalue weighted by Crippen LogP contribution is -2.61. The van der Waals surface area contributed by atoms with Crippen LogP contribution in [0.1, 0.15) is 31.9 Å². The van der Waals surface area contributed by atoms with Crippen molar-refractivity contribution < 1.29 is 0 Å². The average molecular weight is 595 g/mol. The molecule has 0 unspecified atom stereocenters. The van der Waals surface area contributed by atoms with E-state index in [0.717, 1.165) is 0 Å². The topological polar surface area (TPSA) is 8.17 Å². The maximum absolute atomic E-state index is 2.70. The third-order valence-corrected chi connectivity index (χ3v) is 11.4. The molecule has 45 heavy (non-hydrogen) atoms. The highest BCUT2D eigenvalue weighted by atomic mass is 32.1. The molecule has 4 heteroatoms. The van der Waals surface area contributed by atoms with Gasteiger partial charge in [0, 0.05) is 53.6 Å². The molecule has 0 atom stereocenters. The summed E-state index contributed by atoms with van der Waals surface area (Å²) in [5.41, 5.74) is 14.6. The Morgan fingerprint density at radius 3 is 2.24 bits per heavy atom. The number of fused-ring (bicyclic) bond motifs is 11. The molecule has 0 amide bonds. The highest BCUT2D eigenvalue weighted by Crippen LogP contribution is 2.51. The summed E-state index contributed by atoms with van der Waals surface area (Å²) in [6.45, 7) is 9.33. The van der Waals surface area contributed by atoms with Gasteiger partial charge in [-0.05, 0) is 70.3 Å². The molecule has 0 fully saturated rings. The third kappa shape index (κ3) is 3.25. The van der Waals surface area contributed by atoms with Crippen LogP contribution in [-0.4, -0.2) is 11.4 Å². The van der Waals surface area contributed by atoms with Crippen molar-refractivity contribution in [2.45, 2.75) is 33.1 Å². The summed E-state index contributed by atoms with van der Waals surface area (Å²) in [5, 5.41) is 5.34. The van der Waals surface area contributed by atoms with Gasteiger partial charge in [0.25, 0.3) is 0 Å². The lowest BCUT2D eigenvalue weighted by Gasteiger charge is -2.43. The smallest absolute Gasteiger partial charge is 0.333 e. The Labute approximate surface area is 267 Å². The molecular formula is C41H31BN2S. The van der Waals surface area contributed by atoms with Gasteiger partial charge in [-0.2, -0.15) is 0 Å². The molecule has 10 rings (SSSR count). The highest BCUT2D eigenvalue weighted by Gasteiger charge is 2.45. The van der Waals surface area contributed by atoms with Gasteiger partial charge in [0.1, 0.15) is 0 Å². The summed E-state index contributed by atoms with van der Waals surface area (Å²) in [4.78, 5) is 2.70. The first kappa shape index (κ1) is 25.5. The van der Waals surface area contributed by atoms with Crippen molar-refractivity contribution in [3.63, 3.8) is 0 Å². The molecule has 0 saturated heterocycles. The van der Waals surface area contributed by atoms with Gasteiger partial charge < -0.3 is 9.38 Å². The zero-order valence-corrected chi connectivity index (χ0v) is 26.7. The zero-order valence-electron chi connectivity index (χ0n) is 25.8. The second-order valence-electron chi connectivity index (χ2n) is 13.8. The van der Waals surface area contributed by atoms with Crippen LogP contribution in [0.5, 0.6) is 0 Å². The van der Waals surface area contributed by atoms with Gasteiger partial charge >= 0.3 is 6.85 Å². The van der Waals surface area contributed by atoms with Crippen LogP contribution < -0.4 is 15.7 Å². The lowest BCUT2D eigenvalue weighted by molar-refractivity contribution is 0.590. The summed E-state index contributed by atoms with van der Waals surface area (Å²) in [7, 11) is 0. The first-order valence-electron chi connectivity index (χ1n) is 15.9. The summed E-state index contributed by atoms with van der Waals surface area (Å²) in [6.07, 6.45) is 0. The molecule has 6 aromatic carbocycles. The number of para-hydroxylation sites is 3. The predicted octanol–water partition coefficient (Wildman–Crippen LogP) is 10.00. The third-order valence-electron chi connectivity index (χ3n) is 10.2. The van der Waals surface area contributed by atoms with Gasteiger partial charge in [-0.1, -0.05) is 106 Å². The molecule has 0 bridgehead atoms. The molecule has 0 aliphatic carbocycles. The Kier molecular flexibility index (Phi) is 4.92.